The molecule has 0 N–H and O–H groups in total. The van der Waals surface area contributed by atoms with Gasteiger partial charge in [-0.3, -0.25) is 0 Å². The maximum atomic E-state index is 12.5. The van der Waals surface area contributed by atoms with Crippen LogP contribution < -0.4 is 29.6 Å². The summed E-state index contributed by atoms with van der Waals surface area (Å²) >= 11 is 5.69. The molecule has 0 unspecified atom stereocenters. The Morgan fingerprint density at radius 2 is 1.11 bits per heavy atom. The molecule has 158 valence electrons. The van der Waals surface area contributed by atoms with Gasteiger partial charge in [0.05, 0.1) is 6.61 Å². The number of hydrogen-bond acceptors (Lipinski definition) is 1. The molecule has 0 amide bonds. The van der Waals surface area contributed by atoms with Gasteiger partial charge in [0.1, 0.15) is 5.82 Å². The van der Waals surface area contributed by atoms with Crippen molar-refractivity contribution in [1.82, 2.24) is 0 Å². The third-order valence-electron chi connectivity index (χ3n) is 1.31. The first-order chi connectivity index (χ1) is 11.2. The summed E-state index contributed by atoms with van der Waals surface area (Å²) in [6, 6.07) is 4.25. The van der Waals surface area contributed by atoms with E-state index in [4.69, 9.17) is 16.3 Å². The zero-order valence-electron chi connectivity index (χ0n) is 14.4. The summed E-state index contributed by atoms with van der Waals surface area (Å²) in [4.78, 5) is 0. The first-order valence-electron chi connectivity index (χ1n) is 5.79. The van der Waals surface area contributed by atoms with Gasteiger partial charge in [-0.05, 0) is 17.7 Å². The van der Waals surface area contributed by atoms with E-state index in [1.54, 1.807) is 13.2 Å². The summed E-state index contributed by atoms with van der Waals surface area (Å²) < 4.78 is 134. The second kappa shape index (κ2) is 15.7. The van der Waals surface area contributed by atoms with E-state index in [0.29, 0.717) is 11.6 Å². The first-order valence-corrected chi connectivity index (χ1v) is 6.16. The predicted octanol–water partition coefficient (Wildman–Crippen LogP) is 3.64. The van der Waals surface area contributed by atoms with Crippen LogP contribution in [-0.4, -0.2) is 28.9 Å². The average Bonchev–Trinajstić information content (AvgIpc) is 2.26. The monoisotopic (exact) mass is 459 g/mol. The minimum absolute atomic E-state index is 0. The van der Waals surface area contributed by atoms with Crippen molar-refractivity contribution in [2.45, 2.75) is 6.61 Å². The Bertz CT molecular complexity index is 456. The van der Waals surface area contributed by atoms with Crippen molar-refractivity contribution in [1.29, 1.82) is 0 Å². The van der Waals surface area contributed by atoms with Crippen LogP contribution in [-0.2, 0) is 11.3 Å². The molecule has 0 heterocycles. The van der Waals surface area contributed by atoms with Crippen LogP contribution in [0.3, 0.4) is 0 Å². The van der Waals surface area contributed by atoms with Gasteiger partial charge in [0.2, 0.25) is 0 Å². The molecule has 0 atom stereocenters. The summed E-state index contributed by atoms with van der Waals surface area (Å²) in [6.07, 6.45) is 0. The van der Waals surface area contributed by atoms with Crippen molar-refractivity contribution < 1.29 is 91.9 Å². The number of ether oxygens (including phenoxy) is 1. The van der Waals surface area contributed by atoms with Crippen LogP contribution in [0.4, 0.5) is 56.2 Å². The van der Waals surface area contributed by atoms with Crippen molar-refractivity contribution >= 4 is 33.4 Å². The van der Waals surface area contributed by atoms with Crippen LogP contribution in [0.2, 0.25) is 5.02 Å². The molecule has 1 aromatic carbocycles. The Morgan fingerprint density at radius 3 is 1.33 bits per heavy atom. The van der Waals surface area contributed by atoms with E-state index < -0.39 is 21.8 Å². The minimum atomic E-state index is -6.00. The van der Waals surface area contributed by atoms with Gasteiger partial charge in [-0.2, -0.15) is 0 Å². The van der Waals surface area contributed by atoms with Crippen LogP contribution in [0.1, 0.15) is 6.99 Å². The second-order valence-electron chi connectivity index (χ2n) is 3.65. The van der Waals surface area contributed by atoms with Crippen LogP contribution in [0.15, 0.2) is 18.2 Å². The molecule has 27 heavy (non-hydrogen) atoms. The summed E-state index contributed by atoms with van der Waals surface area (Å²) in [5, 5.41) is 0.409. The van der Waals surface area contributed by atoms with Crippen molar-refractivity contribution in [3.8, 4) is 0 Å². The van der Waals surface area contributed by atoms with Crippen LogP contribution in [0.25, 0.3) is 0 Å². The fraction of sp³-hybridized carbons (Fsp3) is 0.250. The molecule has 0 spiro atoms. The first kappa shape index (κ1) is 34.3. The number of benzene rings is 1. The smallest absolute Gasteiger partial charge is 1.00 e. The molecule has 0 saturated heterocycles. The fourth-order valence-electron chi connectivity index (χ4n) is 0.794. The Hall–Kier alpha value is -0.245. The molecule has 19 heteroatoms. The Labute approximate surface area is 173 Å². The minimum Gasteiger partial charge on any atom is -1.00 e. The quantitative estimate of drug-likeness (QED) is 0.485. The van der Waals surface area contributed by atoms with Gasteiger partial charge in [-0.25, -0.2) is 4.39 Å². The van der Waals surface area contributed by atoms with Gasteiger partial charge in [-0.15, -0.1) is 0 Å². The summed E-state index contributed by atoms with van der Waals surface area (Å²) in [5.41, 5.74) is 0.801. The van der Waals surface area contributed by atoms with Crippen molar-refractivity contribution in [2.24, 2.45) is 0 Å². The van der Waals surface area contributed by atoms with Gasteiger partial charge < -0.3 is 58.0 Å². The standard InChI is InChI=1S/C8H8ClFO.3BF4.Na.H/c1-11-5-6-2-3-7(10)4-8(6)9;3*2-1(3,4)5;;/h2-4H,5H2,1H3;;;;;/q;3*-1;+1;-1. The van der Waals surface area contributed by atoms with E-state index in [1.165, 1.54) is 12.1 Å². The van der Waals surface area contributed by atoms with Gasteiger partial charge >= 0.3 is 51.3 Å². The molecular weight excluding hydrogens is 450 g/mol. The van der Waals surface area contributed by atoms with E-state index >= 15 is 0 Å². The largest absolute Gasteiger partial charge is 1.00 e. The normalized spacial score (nSPS) is 10.8. The summed E-state index contributed by atoms with van der Waals surface area (Å²) in [6.45, 7) is 0.416. The average molecular weight is 459 g/mol. The zero-order valence-corrected chi connectivity index (χ0v) is 16.1. The maximum absolute atomic E-state index is 12.5. The van der Waals surface area contributed by atoms with Crippen molar-refractivity contribution in [3.63, 3.8) is 0 Å². The SMILES string of the molecule is COCc1ccc(F)cc1Cl.F[B-](F)(F)F.F[B-](F)(F)F.F[B-](F)(F)F.[H-].[Na+]. The molecule has 1 aromatic rings. The number of methoxy groups -OCH3 is 1. The van der Waals surface area contributed by atoms with Gasteiger partial charge in [-0.1, -0.05) is 17.7 Å². The Balaban J connectivity index is -0.0000000896. The summed E-state index contributed by atoms with van der Waals surface area (Å²) in [7, 11) is -16.4. The van der Waals surface area contributed by atoms with Crippen molar-refractivity contribution in [3.05, 3.63) is 34.6 Å². The van der Waals surface area contributed by atoms with Gasteiger partial charge in [0.15, 0.2) is 0 Å². The molecule has 0 aliphatic carbocycles. The van der Waals surface area contributed by atoms with Crippen LogP contribution in [0.5, 0.6) is 0 Å². The van der Waals surface area contributed by atoms with E-state index in [-0.39, 0.29) is 36.8 Å². The molecular formula is C8H9B3ClF13NaO-3. The van der Waals surface area contributed by atoms with E-state index in [1.807, 2.05) is 0 Å². The molecule has 0 aliphatic rings. The van der Waals surface area contributed by atoms with Gasteiger partial charge in [0.25, 0.3) is 0 Å². The van der Waals surface area contributed by atoms with Crippen molar-refractivity contribution in [2.75, 3.05) is 7.11 Å². The zero-order chi connectivity index (χ0) is 21.8. The molecule has 1 nitrogen and oxygen atoms in total. The molecule has 0 aromatic heterocycles. The predicted molar refractivity (Wildman–Crippen MR) is 73.8 cm³/mol. The third-order valence-corrected chi connectivity index (χ3v) is 1.67. The van der Waals surface area contributed by atoms with Crippen LogP contribution >= 0.6 is 11.6 Å². The Kier molecular flexibility index (Phi) is 19.9. The third kappa shape index (κ3) is 58.6. The van der Waals surface area contributed by atoms with Crippen LogP contribution in [0, 0.1) is 5.82 Å². The van der Waals surface area contributed by atoms with E-state index in [2.05, 4.69) is 0 Å². The Morgan fingerprint density at radius 1 is 0.815 bits per heavy atom. The molecule has 0 aliphatic heterocycles. The number of halogens is 14. The molecule has 0 radical (unpaired) electrons. The molecule has 1 rings (SSSR count). The maximum Gasteiger partial charge on any atom is 1.00 e. The number of hydrogen-bond donors (Lipinski definition) is 0. The van der Waals surface area contributed by atoms with E-state index in [9.17, 15) is 56.2 Å². The molecule has 0 fully saturated rings. The fourth-order valence-corrected chi connectivity index (χ4v) is 1.02. The van der Waals surface area contributed by atoms with Gasteiger partial charge in [0, 0.05) is 12.1 Å². The molecule has 0 saturated carbocycles. The summed E-state index contributed by atoms with van der Waals surface area (Å²) in [5.74, 6) is -0.324. The number of rotatable bonds is 2. The van der Waals surface area contributed by atoms with E-state index in [0.717, 1.165) is 5.56 Å². The topological polar surface area (TPSA) is 9.23 Å². The molecule has 0 bridgehead atoms. The second-order valence-corrected chi connectivity index (χ2v) is 4.06.